The van der Waals surface area contributed by atoms with Gasteiger partial charge in [-0.2, -0.15) is 0 Å². The molecule has 4 rings (SSSR count). The van der Waals surface area contributed by atoms with Crippen LogP contribution in [0.15, 0.2) is 54.6 Å². The van der Waals surface area contributed by atoms with Crippen molar-refractivity contribution >= 4 is 27.7 Å². The molecule has 2 N–H and O–H groups in total. The van der Waals surface area contributed by atoms with E-state index in [-0.39, 0.29) is 0 Å². The molecule has 0 unspecified atom stereocenters. The Hall–Kier alpha value is -3.21. The van der Waals surface area contributed by atoms with Gasteiger partial charge in [0.2, 0.25) is 5.91 Å². The summed E-state index contributed by atoms with van der Waals surface area (Å²) in [5.41, 5.74) is 9.44. The van der Waals surface area contributed by atoms with Crippen LogP contribution >= 0.6 is 0 Å². The van der Waals surface area contributed by atoms with Crippen LogP contribution in [0, 0.1) is 18.6 Å². The van der Waals surface area contributed by atoms with Crippen molar-refractivity contribution in [2.75, 3.05) is 0 Å². The SMILES string of the molecule is Cc1ccc2c3c(C(N)=O)cccc3n(Cc3ccc(F)c(F)c3)c2c1. The number of nitrogens with zero attached hydrogens (tertiary/aromatic N) is 1. The minimum atomic E-state index is -0.878. The maximum absolute atomic E-state index is 13.6. The number of aryl methyl sites for hydroxylation is 1. The Bertz CT molecular complexity index is 1180. The van der Waals surface area contributed by atoms with Crippen molar-refractivity contribution in [3.63, 3.8) is 0 Å². The van der Waals surface area contributed by atoms with E-state index in [1.54, 1.807) is 18.2 Å². The molecular weight excluding hydrogens is 334 g/mol. The van der Waals surface area contributed by atoms with Gasteiger partial charge < -0.3 is 10.3 Å². The van der Waals surface area contributed by atoms with Crippen LogP contribution in [0.2, 0.25) is 0 Å². The lowest BCUT2D eigenvalue weighted by Gasteiger charge is -2.09. The van der Waals surface area contributed by atoms with Crippen molar-refractivity contribution in [3.8, 4) is 0 Å². The highest BCUT2D eigenvalue weighted by molar-refractivity contribution is 6.17. The summed E-state index contributed by atoms with van der Waals surface area (Å²) >= 11 is 0. The Morgan fingerprint density at radius 3 is 2.54 bits per heavy atom. The molecule has 5 heteroatoms. The molecule has 0 bridgehead atoms. The van der Waals surface area contributed by atoms with Gasteiger partial charge in [0.15, 0.2) is 11.6 Å². The lowest BCUT2D eigenvalue weighted by molar-refractivity contribution is 0.100. The minimum absolute atomic E-state index is 0.350. The Morgan fingerprint density at radius 2 is 1.81 bits per heavy atom. The fourth-order valence-corrected chi connectivity index (χ4v) is 3.45. The second kappa shape index (κ2) is 5.95. The highest BCUT2D eigenvalue weighted by Gasteiger charge is 2.17. The summed E-state index contributed by atoms with van der Waals surface area (Å²) in [4.78, 5) is 11.9. The molecule has 0 aliphatic heterocycles. The van der Waals surface area contributed by atoms with Gasteiger partial charge in [-0.25, -0.2) is 8.78 Å². The smallest absolute Gasteiger partial charge is 0.249 e. The van der Waals surface area contributed by atoms with Crippen molar-refractivity contribution in [1.82, 2.24) is 4.57 Å². The first-order valence-electron chi connectivity index (χ1n) is 8.21. The molecule has 4 aromatic rings. The molecule has 3 nitrogen and oxygen atoms in total. The van der Waals surface area contributed by atoms with Crippen LogP contribution in [0.1, 0.15) is 21.5 Å². The van der Waals surface area contributed by atoms with Crippen LogP contribution in [0.3, 0.4) is 0 Å². The van der Waals surface area contributed by atoms with E-state index in [1.807, 2.05) is 35.8 Å². The van der Waals surface area contributed by atoms with Crippen molar-refractivity contribution in [1.29, 1.82) is 0 Å². The summed E-state index contributed by atoms with van der Waals surface area (Å²) in [6.45, 7) is 2.33. The quantitative estimate of drug-likeness (QED) is 0.580. The van der Waals surface area contributed by atoms with Crippen molar-refractivity contribution in [2.24, 2.45) is 5.73 Å². The molecule has 0 fully saturated rings. The monoisotopic (exact) mass is 350 g/mol. The average Bonchev–Trinajstić information content (AvgIpc) is 2.91. The zero-order chi connectivity index (χ0) is 18.4. The number of nitrogens with two attached hydrogens (primary N) is 1. The van der Waals surface area contributed by atoms with Crippen LogP contribution in [0.25, 0.3) is 21.8 Å². The maximum atomic E-state index is 13.6. The number of amides is 1. The largest absolute Gasteiger partial charge is 0.366 e. The molecule has 3 aromatic carbocycles. The first-order chi connectivity index (χ1) is 12.5. The first-order valence-corrected chi connectivity index (χ1v) is 8.21. The van der Waals surface area contributed by atoms with Gasteiger partial charge in [-0.05, 0) is 48.4 Å². The molecule has 0 spiro atoms. The number of carbonyl (C=O) groups is 1. The number of halogens is 2. The van der Waals surface area contributed by atoms with Crippen LogP contribution in [-0.2, 0) is 6.54 Å². The summed E-state index contributed by atoms with van der Waals surface area (Å²) < 4.78 is 28.9. The number of aromatic nitrogens is 1. The molecule has 1 amide bonds. The number of rotatable bonds is 3. The van der Waals surface area contributed by atoms with Crippen LogP contribution in [0.4, 0.5) is 8.78 Å². The van der Waals surface area contributed by atoms with E-state index in [4.69, 9.17) is 5.73 Å². The summed E-state index contributed by atoms with van der Waals surface area (Å²) in [6, 6.07) is 15.2. The Morgan fingerprint density at radius 1 is 1.00 bits per heavy atom. The van der Waals surface area contributed by atoms with Crippen molar-refractivity contribution < 1.29 is 13.6 Å². The van der Waals surface area contributed by atoms with E-state index in [9.17, 15) is 13.6 Å². The van der Waals surface area contributed by atoms with Gasteiger partial charge in [0.25, 0.3) is 0 Å². The lowest BCUT2D eigenvalue weighted by Crippen LogP contribution is -2.11. The van der Waals surface area contributed by atoms with E-state index in [1.165, 1.54) is 6.07 Å². The van der Waals surface area contributed by atoms with Gasteiger partial charge in [0, 0.05) is 28.4 Å². The summed E-state index contributed by atoms with van der Waals surface area (Å²) in [7, 11) is 0. The number of carbonyl (C=O) groups excluding carboxylic acids is 1. The topological polar surface area (TPSA) is 48.0 Å². The van der Waals surface area contributed by atoms with Gasteiger partial charge in [-0.15, -0.1) is 0 Å². The molecule has 26 heavy (non-hydrogen) atoms. The van der Waals surface area contributed by atoms with Crippen LogP contribution in [-0.4, -0.2) is 10.5 Å². The van der Waals surface area contributed by atoms with E-state index < -0.39 is 17.5 Å². The lowest BCUT2D eigenvalue weighted by atomic mass is 10.1. The van der Waals surface area contributed by atoms with Gasteiger partial charge >= 0.3 is 0 Å². The molecule has 0 saturated carbocycles. The fourth-order valence-electron chi connectivity index (χ4n) is 3.45. The van der Waals surface area contributed by atoms with E-state index in [0.29, 0.717) is 17.7 Å². The van der Waals surface area contributed by atoms with Gasteiger partial charge in [0.1, 0.15) is 0 Å². The summed E-state index contributed by atoms with van der Waals surface area (Å²) in [6.07, 6.45) is 0. The zero-order valence-corrected chi connectivity index (χ0v) is 14.1. The molecule has 1 heterocycles. The second-order valence-electron chi connectivity index (χ2n) is 6.42. The van der Waals surface area contributed by atoms with Gasteiger partial charge in [-0.3, -0.25) is 4.79 Å². The molecule has 1 aromatic heterocycles. The third-order valence-corrected chi connectivity index (χ3v) is 4.64. The minimum Gasteiger partial charge on any atom is -0.366 e. The highest BCUT2D eigenvalue weighted by Crippen LogP contribution is 2.33. The van der Waals surface area contributed by atoms with Crippen LogP contribution < -0.4 is 5.73 Å². The molecule has 0 radical (unpaired) electrons. The molecule has 130 valence electrons. The van der Waals surface area contributed by atoms with Gasteiger partial charge in [-0.1, -0.05) is 24.3 Å². The number of fused-ring (bicyclic) bond motifs is 3. The number of hydrogen-bond donors (Lipinski definition) is 1. The number of hydrogen-bond acceptors (Lipinski definition) is 1. The molecular formula is C21H16F2N2O. The summed E-state index contributed by atoms with van der Waals surface area (Å²) in [5, 5.41) is 1.68. The maximum Gasteiger partial charge on any atom is 0.249 e. The number of primary amides is 1. The van der Waals surface area contributed by atoms with Gasteiger partial charge in [0.05, 0.1) is 5.52 Å². The average molecular weight is 350 g/mol. The predicted octanol–water partition coefficient (Wildman–Crippen LogP) is 4.53. The van der Waals surface area contributed by atoms with Crippen LogP contribution in [0.5, 0.6) is 0 Å². The Balaban J connectivity index is 2.03. The standard InChI is InChI=1S/C21H16F2N2O/c1-12-5-7-14-19(9-12)25(11-13-6-8-16(22)17(23)10-13)18-4-2-3-15(20(14)18)21(24)26/h2-10H,11H2,1H3,(H2,24,26). The zero-order valence-electron chi connectivity index (χ0n) is 14.1. The third kappa shape index (κ3) is 2.52. The first kappa shape index (κ1) is 16.3. The third-order valence-electron chi connectivity index (χ3n) is 4.64. The van der Waals surface area contributed by atoms with E-state index in [2.05, 4.69) is 0 Å². The van der Waals surface area contributed by atoms with Crippen molar-refractivity contribution in [2.45, 2.75) is 13.5 Å². The highest BCUT2D eigenvalue weighted by atomic mass is 19.2. The predicted molar refractivity (Wildman–Crippen MR) is 98.2 cm³/mol. The van der Waals surface area contributed by atoms with Crippen molar-refractivity contribution in [3.05, 3.63) is 82.9 Å². The second-order valence-corrected chi connectivity index (χ2v) is 6.42. The molecule has 0 aliphatic carbocycles. The number of benzene rings is 3. The molecule has 0 aliphatic rings. The summed E-state index contributed by atoms with van der Waals surface area (Å²) in [5.74, 6) is -2.25. The van der Waals surface area contributed by atoms with E-state index >= 15 is 0 Å². The Labute approximate surface area is 148 Å². The molecule has 0 atom stereocenters. The normalized spacial score (nSPS) is 11.3. The fraction of sp³-hybridized carbons (Fsp3) is 0.0952. The van der Waals surface area contributed by atoms with E-state index in [0.717, 1.165) is 33.4 Å². The Kier molecular flexibility index (Phi) is 3.72. The molecule has 0 saturated heterocycles.